The van der Waals surface area contributed by atoms with Gasteiger partial charge in [-0.15, -0.1) is 5.10 Å². The Morgan fingerprint density at radius 3 is 2.37 bits per heavy atom. The molecule has 0 aliphatic heterocycles. The minimum atomic E-state index is 0.0614. The monoisotopic (exact) mass is 265 g/mol. The maximum atomic E-state index is 8.94. The van der Waals surface area contributed by atoms with Gasteiger partial charge in [-0.25, -0.2) is 0 Å². The van der Waals surface area contributed by atoms with Gasteiger partial charge in [-0.2, -0.15) is 5.10 Å². The lowest BCUT2D eigenvalue weighted by atomic mass is 9.96. The summed E-state index contributed by atoms with van der Waals surface area (Å²) in [6.45, 7) is 11.0. The van der Waals surface area contributed by atoms with Crippen molar-refractivity contribution in [2.45, 2.75) is 34.6 Å². The molecule has 106 valence electrons. The van der Waals surface area contributed by atoms with Gasteiger partial charge < -0.3 is 15.8 Å². The molecule has 0 amide bonds. The van der Waals surface area contributed by atoms with Gasteiger partial charge >= 0.3 is 0 Å². The number of oxime groups is 1. The molecule has 0 spiro atoms. The Morgan fingerprint density at radius 1 is 1.32 bits per heavy atom. The van der Waals surface area contributed by atoms with Crippen LogP contribution in [-0.4, -0.2) is 34.8 Å². The van der Waals surface area contributed by atoms with Crippen LogP contribution in [0.5, 0.6) is 0 Å². The number of amidine groups is 1. The van der Waals surface area contributed by atoms with Gasteiger partial charge in [-0.1, -0.05) is 25.9 Å². The summed E-state index contributed by atoms with van der Waals surface area (Å²) in [4.78, 5) is 1.98. The predicted molar refractivity (Wildman–Crippen MR) is 76.7 cm³/mol. The molecular weight excluding hydrogens is 242 g/mol. The van der Waals surface area contributed by atoms with Gasteiger partial charge in [0.1, 0.15) is 0 Å². The van der Waals surface area contributed by atoms with Crippen LogP contribution in [0.3, 0.4) is 0 Å². The highest BCUT2D eigenvalue weighted by molar-refractivity contribution is 6.02. The second kappa shape index (κ2) is 5.42. The minimum Gasteiger partial charge on any atom is -0.409 e. The molecule has 0 aromatic carbocycles. The van der Waals surface area contributed by atoms with Crippen LogP contribution in [0.4, 0.5) is 5.82 Å². The first-order valence-electron chi connectivity index (χ1n) is 6.20. The highest BCUT2D eigenvalue weighted by Crippen LogP contribution is 2.24. The van der Waals surface area contributed by atoms with E-state index in [-0.39, 0.29) is 11.3 Å². The van der Waals surface area contributed by atoms with Gasteiger partial charge in [0.25, 0.3) is 0 Å². The summed E-state index contributed by atoms with van der Waals surface area (Å²) >= 11 is 0. The summed E-state index contributed by atoms with van der Waals surface area (Å²) in [6, 6.07) is 0. The molecular formula is C13H23N5O. The molecule has 1 aromatic rings. The Bertz CT molecular complexity index is 491. The Morgan fingerprint density at radius 2 is 1.89 bits per heavy atom. The van der Waals surface area contributed by atoms with E-state index < -0.39 is 0 Å². The fourth-order valence-corrected chi connectivity index (χ4v) is 2.01. The molecule has 0 bridgehead atoms. The lowest BCUT2D eigenvalue weighted by molar-refractivity contribution is 0.318. The standard InChI is InChI=1S/C13H23N5O/c1-8-9(2)15-16-12(10(8)11(14)17-19)18(6)7-13(3,4)5/h19H,7H2,1-6H3,(H2,14,17). The van der Waals surface area contributed by atoms with E-state index in [1.807, 2.05) is 25.8 Å². The largest absolute Gasteiger partial charge is 0.409 e. The summed E-state index contributed by atoms with van der Waals surface area (Å²) in [5.41, 5.74) is 8.17. The molecule has 0 fully saturated rings. The number of nitrogens with zero attached hydrogens (tertiary/aromatic N) is 4. The van der Waals surface area contributed by atoms with Crippen molar-refractivity contribution in [2.75, 3.05) is 18.5 Å². The van der Waals surface area contributed by atoms with E-state index in [2.05, 4.69) is 36.1 Å². The number of hydrogen-bond acceptors (Lipinski definition) is 5. The molecule has 1 rings (SSSR count). The van der Waals surface area contributed by atoms with Crippen LogP contribution in [0.25, 0.3) is 0 Å². The second-order valence-electron chi connectivity index (χ2n) is 6.01. The van der Waals surface area contributed by atoms with E-state index in [9.17, 15) is 0 Å². The van der Waals surface area contributed by atoms with Crippen LogP contribution < -0.4 is 10.6 Å². The first-order valence-corrected chi connectivity index (χ1v) is 6.20. The first kappa shape index (κ1) is 15.2. The van der Waals surface area contributed by atoms with Crippen molar-refractivity contribution in [3.8, 4) is 0 Å². The normalized spacial score (nSPS) is 12.6. The van der Waals surface area contributed by atoms with Crippen LogP contribution in [-0.2, 0) is 0 Å². The maximum absolute atomic E-state index is 8.94. The molecule has 0 aliphatic carbocycles. The Kier molecular flexibility index (Phi) is 4.34. The van der Waals surface area contributed by atoms with E-state index in [1.165, 1.54) is 0 Å². The SMILES string of the molecule is Cc1nnc(N(C)CC(C)(C)C)c(C(N)=NO)c1C. The lowest BCUT2D eigenvalue weighted by Gasteiger charge is -2.28. The molecule has 19 heavy (non-hydrogen) atoms. The number of rotatable bonds is 3. The summed E-state index contributed by atoms with van der Waals surface area (Å²) < 4.78 is 0. The number of hydrogen-bond donors (Lipinski definition) is 2. The molecule has 0 aliphatic rings. The van der Waals surface area contributed by atoms with Crippen molar-refractivity contribution < 1.29 is 5.21 Å². The van der Waals surface area contributed by atoms with E-state index in [0.29, 0.717) is 11.4 Å². The third kappa shape index (κ3) is 3.56. The summed E-state index contributed by atoms with van der Waals surface area (Å²) in [5, 5.41) is 20.4. The van der Waals surface area contributed by atoms with E-state index in [4.69, 9.17) is 10.9 Å². The van der Waals surface area contributed by atoms with Gasteiger partial charge in [0, 0.05) is 13.6 Å². The van der Waals surface area contributed by atoms with Crippen molar-refractivity contribution in [2.24, 2.45) is 16.3 Å². The molecule has 0 unspecified atom stereocenters. The highest BCUT2D eigenvalue weighted by atomic mass is 16.4. The van der Waals surface area contributed by atoms with Crippen LogP contribution in [0.15, 0.2) is 5.16 Å². The van der Waals surface area contributed by atoms with E-state index in [1.54, 1.807) is 0 Å². The molecule has 6 nitrogen and oxygen atoms in total. The van der Waals surface area contributed by atoms with E-state index in [0.717, 1.165) is 17.8 Å². The number of aryl methyl sites for hydroxylation is 1. The third-order valence-electron chi connectivity index (χ3n) is 2.87. The van der Waals surface area contributed by atoms with Crippen LogP contribution in [0.1, 0.15) is 37.6 Å². The van der Waals surface area contributed by atoms with Crippen LogP contribution in [0.2, 0.25) is 0 Å². The highest BCUT2D eigenvalue weighted by Gasteiger charge is 2.21. The fraction of sp³-hybridized carbons (Fsp3) is 0.615. The van der Waals surface area contributed by atoms with Crippen molar-refractivity contribution in [1.29, 1.82) is 0 Å². The number of anilines is 1. The molecule has 1 aromatic heterocycles. The van der Waals surface area contributed by atoms with Gasteiger partial charge in [0.2, 0.25) is 0 Å². The van der Waals surface area contributed by atoms with Gasteiger partial charge in [-0.05, 0) is 24.8 Å². The summed E-state index contributed by atoms with van der Waals surface area (Å²) in [6.07, 6.45) is 0. The average Bonchev–Trinajstić information content (AvgIpc) is 2.29. The maximum Gasteiger partial charge on any atom is 0.174 e. The molecule has 1 heterocycles. The average molecular weight is 265 g/mol. The molecule has 0 saturated heterocycles. The quantitative estimate of drug-likeness (QED) is 0.376. The zero-order valence-corrected chi connectivity index (χ0v) is 12.5. The van der Waals surface area contributed by atoms with Gasteiger partial charge in [-0.3, -0.25) is 0 Å². The smallest absolute Gasteiger partial charge is 0.174 e. The van der Waals surface area contributed by atoms with E-state index >= 15 is 0 Å². The number of nitrogens with two attached hydrogens (primary N) is 1. The molecule has 0 atom stereocenters. The first-order chi connectivity index (χ1) is 8.67. The van der Waals surface area contributed by atoms with Crippen molar-refractivity contribution in [3.63, 3.8) is 0 Å². The molecule has 6 heteroatoms. The minimum absolute atomic E-state index is 0.0614. The number of aromatic nitrogens is 2. The lowest BCUT2D eigenvalue weighted by Crippen LogP contribution is -2.32. The Labute approximate surface area is 114 Å². The zero-order valence-electron chi connectivity index (χ0n) is 12.5. The summed E-state index contributed by atoms with van der Waals surface area (Å²) in [7, 11) is 1.93. The predicted octanol–water partition coefficient (Wildman–Crippen LogP) is 1.67. The Hall–Kier alpha value is -1.85. The third-order valence-corrected chi connectivity index (χ3v) is 2.87. The summed E-state index contributed by atoms with van der Waals surface area (Å²) in [5.74, 6) is 0.694. The van der Waals surface area contributed by atoms with Crippen LogP contribution >= 0.6 is 0 Å². The van der Waals surface area contributed by atoms with Crippen LogP contribution in [0, 0.1) is 19.3 Å². The molecule has 0 radical (unpaired) electrons. The van der Waals surface area contributed by atoms with Crippen molar-refractivity contribution >= 4 is 11.7 Å². The topological polar surface area (TPSA) is 87.6 Å². The van der Waals surface area contributed by atoms with Gasteiger partial charge in [0.05, 0.1) is 11.3 Å². The van der Waals surface area contributed by atoms with Crippen molar-refractivity contribution in [3.05, 3.63) is 16.8 Å². The van der Waals surface area contributed by atoms with Crippen molar-refractivity contribution in [1.82, 2.24) is 10.2 Å². The van der Waals surface area contributed by atoms with Gasteiger partial charge in [0.15, 0.2) is 11.7 Å². The molecule has 3 N–H and O–H groups in total. The Balaban J connectivity index is 3.32. The second-order valence-corrected chi connectivity index (χ2v) is 6.01. The zero-order chi connectivity index (χ0) is 14.8. The fourth-order valence-electron chi connectivity index (χ4n) is 2.01. The molecule has 0 saturated carbocycles.